The van der Waals surface area contributed by atoms with Gasteiger partial charge in [-0.15, -0.1) is 23.7 Å². The highest BCUT2D eigenvalue weighted by molar-refractivity contribution is 7.89. The number of carbonyl (C=O) groups is 1. The molecule has 0 saturated carbocycles. The highest BCUT2D eigenvalue weighted by atomic mass is 35.5. The van der Waals surface area contributed by atoms with E-state index in [4.69, 9.17) is 0 Å². The number of nitrogens with zero attached hydrogens (tertiary/aromatic N) is 2. The number of hydrogen-bond donors (Lipinski definition) is 1. The molecule has 2 fully saturated rings. The van der Waals surface area contributed by atoms with Crippen LogP contribution in [0.25, 0.3) is 0 Å². The van der Waals surface area contributed by atoms with Crippen molar-refractivity contribution in [2.45, 2.75) is 4.90 Å². The molecule has 1 aromatic heterocycles. The minimum absolute atomic E-state index is 0. The van der Waals surface area contributed by atoms with Crippen molar-refractivity contribution < 1.29 is 13.2 Å². The van der Waals surface area contributed by atoms with Gasteiger partial charge in [-0.2, -0.15) is 0 Å². The third kappa shape index (κ3) is 2.90. The van der Waals surface area contributed by atoms with E-state index in [9.17, 15) is 13.2 Å². The van der Waals surface area contributed by atoms with Crippen LogP contribution in [-0.2, 0) is 10.0 Å². The lowest BCUT2D eigenvalue weighted by Gasteiger charge is -2.18. The van der Waals surface area contributed by atoms with Crippen LogP contribution in [0.15, 0.2) is 16.3 Å². The fraction of sp³-hybridized carbons (Fsp3) is 0.615. The van der Waals surface area contributed by atoms with Gasteiger partial charge in [0.1, 0.15) is 9.77 Å². The summed E-state index contributed by atoms with van der Waals surface area (Å²) in [6.07, 6.45) is 0. The van der Waals surface area contributed by atoms with Gasteiger partial charge in [0.05, 0.1) is 0 Å². The van der Waals surface area contributed by atoms with Crippen molar-refractivity contribution >= 4 is 39.7 Å². The van der Waals surface area contributed by atoms with Gasteiger partial charge in [-0.25, -0.2) is 12.7 Å². The van der Waals surface area contributed by atoms with Crippen LogP contribution in [-0.4, -0.2) is 63.8 Å². The minimum Gasteiger partial charge on any atom is -0.337 e. The molecule has 2 atom stereocenters. The standard InChI is InChI=1S/C13H19N3O3S2.ClH/c1-15(2)21(18,19)11-3-4-20-12(11)13(17)16-7-9-5-14-6-10(9)8-16;/h3-4,9-10,14H,5-8H2,1-2H3;1H/t9-,10+;. The number of thiophene rings is 1. The molecule has 3 heterocycles. The third-order valence-corrected chi connectivity index (χ3v) is 7.15. The normalized spacial score (nSPS) is 24.4. The maximum absolute atomic E-state index is 12.7. The zero-order valence-corrected chi connectivity index (χ0v) is 14.9. The topological polar surface area (TPSA) is 69.7 Å². The molecular formula is C13H20ClN3O3S2. The minimum atomic E-state index is -3.57. The predicted molar refractivity (Wildman–Crippen MR) is 88.2 cm³/mol. The maximum Gasteiger partial charge on any atom is 0.265 e. The van der Waals surface area contributed by atoms with Gasteiger partial charge in [-0.3, -0.25) is 4.79 Å². The van der Waals surface area contributed by atoms with Crippen LogP contribution in [0.1, 0.15) is 9.67 Å². The van der Waals surface area contributed by atoms with Crippen LogP contribution in [0, 0.1) is 11.8 Å². The Balaban J connectivity index is 0.00000176. The lowest BCUT2D eigenvalue weighted by molar-refractivity contribution is 0.0783. The Morgan fingerprint density at radius 1 is 1.32 bits per heavy atom. The zero-order valence-electron chi connectivity index (χ0n) is 12.5. The van der Waals surface area contributed by atoms with Gasteiger partial charge in [-0.1, -0.05) is 0 Å². The molecule has 0 aliphatic carbocycles. The number of halogens is 1. The molecular weight excluding hydrogens is 346 g/mol. The Hall–Kier alpha value is -0.670. The first-order valence-corrected chi connectivity index (χ1v) is 9.23. The molecule has 2 saturated heterocycles. The summed E-state index contributed by atoms with van der Waals surface area (Å²) in [5.74, 6) is 0.852. The van der Waals surface area contributed by atoms with E-state index in [2.05, 4.69) is 5.32 Å². The van der Waals surface area contributed by atoms with Gasteiger partial charge in [0, 0.05) is 40.3 Å². The summed E-state index contributed by atoms with van der Waals surface area (Å²) in [5.41, 5.74) is 0. The maximum atomic E-state index is 12.7. The van der Waals surface area contributed by atoms with Gasteiger partial charge in [0.2, 0.25) is 10.0 Å². The van der Waals surface area contributed by atoms with Gasteiger partial charge in [-0.05, 0) is 23.3 Å². The Morgan fingerprint density at radius 3 is 2.45 bits per heavy atom. The summed E-state index contributed by atoms with van der Waals surface area (Å²) in [4.78, 5) is 14.9. The number of likely N-dealkylation sites (tertiary alicyclic amines) is 1. The summed E-state index contributed by atoms with van der Waals surface area (Å²) in [5, 5.41) is 5.00. The van der Waals surface area contributed by atoms with Crippen LogP contribution in [0.3, 0.4) is 0 Å². The number of hydrogen-bond acceptors (Lipinski definition) is 5. The molecule has 1 N–H and O–H groups in total. The molecule has 3 rings (SSSR count). The molecule has 2 aliphatic rings. The number of rotatable bonds is 3. The Bertz CT molecular complexity index is 647. The lowest BCUT2D eigenvalue weighted by atomic mass is 10.0. The van der Waals surface area contributed by atoms with E-state index in [1.807, 2.05) is 0 Å². The second kappa shape index (κ2) is 6.45. The number of sulfonamides is 1. The molecule has 0 aromatic carbocycles. The highest BCUT2D eigenvalue weighted by Gasteiger charge is 2.39. The van der Waals surface area contributed by atoms with Crippen molar-refractivity contribution in [3.63, 3.8) is 0 Å². The fourth-order valence-corrected chi connectivity index (χ4v) is 5.27. The fourth-order valence-electron chi connectivity index (χ4n) is 3.02. The molecule has 22 heavy (non-hydrogen) atoms. The molecule has 0 spiro atoms. The molecule has 1 amide bonds. The van der Waals surface area contributed by atoms with E-state index in [1.165, 1.54) is 31.5 Å². The Kier molecular flexibility index (Phi) is 5.18. The quantitative estimate of drug-likeness (QED) is 0.856. The summed E-state index contributed by atoms with van der Waals surface area (Å²) >= 11 is 1.20. The van der Waals surface area contributed by atoms with Gasteiger partial charge < -0.3 is 10.2 Å². The number of nitrogens with one attached hydrogen (secondary N) is 1. The second-order valence-electron chi connectivity index (χ2n) is 5.79. The lowest BCUT2D eigenvalue weighted by Crippen LogP contribution is -2.33. The van der Waals surface area contributed by atoms with E-state index >= 15 is 0 Å². The largest absolute Gasteiger partial charge is 0.337 e. The van der Waals surface area contributed by atoms with Crippen molar-refractivity contribution in [2.24, 2.45) is 11.8 Å². The SMILES string of the molecule is CN(C)S(=O)(=O)c1ccsc1C(=O)N1C[C@H]2CNC[C@H]2C1.Cl. The van der Waals surface area contributed by atoms with Gasteiger partial charge in [0.25, 0.3) is 5.91 Å². The summed E-state index contributed by atoms with van der Waals surface area (Å²) < 4.78 is 25.7. The summed E-state index contributed by atoms with van der Waals surface area (Å²) in [6, 6.07) is 1.52. The van der Waals surface area contributed by atoms with Crippen LogP contribution in [0.2, 0.25) is 0 Å². The van der Waals surface area contributed by atoms with Crippen molar-refractivity contribution in [2.75, 3.05) is 40.3 Å². The molecule has 124 valence electrons. The van der Waals surface area contributed by atoms with E-state index in [1.54, 1.807) is 10.3 Å². The number of carbonyl (C=O) groups excluding carboxylic acids is 1. The van der Waals surface area contributed by atoms with Crippen molar-refractivity contribution in [3.8, 4) is 0 Å². The molecule has 0 radical (unpaired) electrons. The first-order chi connectivity index (χ1) is 9.91. The summed E-state index contributed by atoms with van der Waals surface area (Å²) in [6.45, 7) is 3.33. The molecule has 2 aliphatic heterocycles. The van der Waals surface area contributed by atoms with E-state index in [0.717, 1.165) is 30.5 Å². The highest BCUT2D eigenvalue weighted by Crippen LogP contribution is 2.31. The average molecular weight is 366 g/mol. The monoisotopic (exact) mass is 365 g/mol. The summed E-state index contributed by atoms with van der Waals surface area (Å²) in [7, 11) is -0.615. The van der Waals surface area contributed by atoms with Crippen LogP contribution in [0.5, 0.6) is 0 Å². The smallest absolute Gasteiger partial charge is 0.265 e. The van der Waals surface area contributed by atoms with Crippen molar-refractivity contribution in [1.82, 2.24) is 14.5 Å². The van der Waals surface area contributed by atoms with E-state index in [0.29, 0.717) is 16.7 Å². The first kappa shape index (κ1) is 17.7. The number of amides is 1. The first-order valence-electron chi connectivity index (χ1n) is 6.91. The molecule has 9 heteroatoms. The molecule has 6 nitrogen and oxygen atoms in total. The van der Waals surface area contributed by atoms with Crippen LogP contribution < -0.4 is 5.32 Å². The van der Waals surface area contributed by atoms with Crippen molar-refractivity contribution in [3.05, 3.63) is 16.3 Å². The Morgan fingerprint density at radius 2 is 1.91 bits per heavy atom. The third-order valence-electron chi connectivity index (χ3n) is 4.26. The van der Waals surface area contributed by atoms with Gasteiger partial charge >= 0.3 is 0 Å². The zero-order chi connectivity index (χ0) is 15.2. The molecule has 0 bridgehead atoms. The van der Waals surface area contributed by atoms with Crippen LogP contribution in [0.4, 0.5) is 0 Å². The number of fused-ring (bicyclic) bond motifs is 1. The predicted octanol–water partition coefficient (Wildman–Crippen LogP) is 0.712. The van der Waals surface area contributed by atoms with Crippen LogP contribution >= 0.6 is 23.7 Å². The second-order valence-corrected chi connectivity index (χ2v) is 8.83. The van der Waals surface area contributed by atoms with Crippen molar-refractivity contribution in [1.29, 1.82) is 0 Å². The average Bonchev–Trinajstić information content (AvgIpc) is 3.12. The molecule has 0 unspecified atom stereocenters. The van der Waals surface area contributed by atoms with E-state index < -0.39 is 10.0 Å². The Labute approximate surface area is 140 Å². The van der Waals surface area contributed by atoms with E-state index in [-0.39, 0.29) is 23.2 Å². The molecule has 1 aromatic rings. The van der Waals surface area contributed by atoms with Gasteiger partial charge in [0.15, 0.2) is 0 Å².